The summed E-state index contributed by atoms with van der Waals surface area (Å²) in [5, 5.41) is 9.38. The van der Waals surface area contributed by atoms with E-state index in [1.165, 1.54) is 49.7 Å². The molecule has 0 amide bonds. The largest absolute Gasteiger partial charge is 0.508 e. The lowest BCUT2D eigenvalue weighted by Crippen LogP contribution is -2.13. The van der Waals surface area contributed by atoms with Gasteiger partial charge in [-0.05, 0) is 66.3 Å². The van der Waals surface area contributed by atoms with Crippen LogP contribution in [0.5, 0.6) is 5.75 Å². The smallest absolute Gasteiger partial charge is 0.115 e. The Morgan fingerprint density at radius 1 is 0.818 bits per heavy atom. The summed E-state index contributed by atoms with van der Waals surface area (Å²) in [6, 6.07) is 16.5. The van der Waals surface area contributed by atoms with Crippen LogP contribution in [-0.4, -0.2) is 5.11 Å². The van der Waals surface area contributed by atoms with Crippen molar-refractivity contribution in [2.75, 3.05) is 0 Å². The minimum atomic E-state index is 0.323. The summed E-state index contributed by atoms with van der Waals surface area (Å²) in [6.45, 7) is 2.30. The van der Waals surface area contributed by atoms with Crippen molar-refractivity contribution in [2.24, 2.45) is 5.92 Å². The Balaban J connectivity index is 1.66. The van der Waals surface area contributed by atoms with Gasteiger partial charge >= 0.3 is 0 Å². The Bertz CT molecular complexity index is 574. The van der Waals surface area contributed by atoms with Crippen LogP contribution in [0, 0.1) is 5.92 Å². The van der Waals surface area contributed by atoms with Crippen LogP contribution in [-0.2, 0) is 0 Å². The summed E-state index contributed by atoms with van der Waals surface area (Å²) in [5.41, 5.74) is 3.89. The molecule has 2 aromatic carbocycles. The molecule has 1 heteroatoms. The second kappa shape index (κ2) is 7.00. The molecule has 116 valence electrons. The average Bonchev–Trinajstić information content (AvgIpc) is 2.57. The average molecular weight is 294 g/mol. The van der Waals surface area contributed by atoms with Crippen LogP contribution < -0.4 is 0 Å². The van der Waals surface area contributed by atoms with Crippen LogP contribution in [0.25, 0.3) is 11.1 Å². The van der Waals surface area contributed by atoms with Gasteiger partial charge in [0, 0.05) is 0 Å². The van der Waals surface area contributed by atoms with Crippen LogP contribution >= 0.6 is 0 Å². The Hall–Kier alpha value is -1.76. The molecule has 0 heterocycles. The second-order valence-corrected chi connectivity index (χ2v) is 6.68. The first-order valence-corrected chi connectivity index (χ1v) is 8.65. The van der Waals surface area contributed by atoms with Gasteiger partial charge in [0.2, 0.25) is 0 Å². The Kier molecular flexibility index (Phi) is 4.82. The number of hydrogen-bond donors (Lipinski definition) is 1. The first-order valence-electron chi connectivity index (χ1n) is 8.65. The Morgan fingerprint density at radius 3 is 1.91 bits per heavy atom. The summed E-state index contributed by atoms with van der Waals surface area (Å²) >= 11 is 0. The highest BCUT2D eigenvalue weighted by Gasteiger charge is 2.21. The zero-order chi connectivity index (χ0) is 15.4. The van der Waals surface area contributed by atoms with Crippen LogP contribution in [0.3, 0.4) is 0 Å². The highest BCUT2D eigenvalue weighted by molar-refractivity contribution is 5.64. The van der Waals surface area contributed by atoms with Crippen molar-refractivity contribution in [3.05, 3.63) is 54.1 Å². The predicted molar refractivity (Wildman–Crippen MR) is 93.1 cm³/mol. The third kappa shape index (κ3) is 3.52. The molecule has 1 aliphatic carbocycles. The third-order valence-corrected chi connectivity index (χ3v) is 5.13. The number of phenolic OH excluding ortho intramolecular Hbond substituents is 1. The number of rotatable bonds is 4. The summed E-state index contributed by atoms with van der Waals surface area (Å²) in [4.78, 5) is 0. The van der Waals surface area contributed by atoms with E-state index in [0.29, 0.717) is 5.75 Å². The van der Waals surface area contributed by atoms with Gasteiger partial charge in [0.1, 0.15) is 5.75 Å². The SMILES string of the molecule is CCCC1CCC(c2ccc(-c3ccc(O)cc3)cc2)CC1. The van der Waals surface area contributed by atoms with Crippen molar-refractivity contribution in [2.45, 2.75) is 51.4 Å². The maximum Gasteiger partial charge on any atom is 0.115 e. The summed E-state index contributed by atoms with van der Waals surface area (Å²) < 4.78 is 0. The minimum absolute atomic E-state index is 0.323. The van der Waals surface area contributed by atoms with Gasteiger partial charge in [-0.2, -0.15) is 0 Å². The predicted octanol–water partition coefficient (Wildman–Crippen LogP) is 6.13. The first kappa shape index (κ1) is 15.1. The van der Waals surface area contributed by atoms with Crippen molar-refractivity contribution in [3.8, 4) is 16.9 Å². The van der Waals surface area contributed by atoms with Gasteiger partial charge in [-0.1, -0.05) is 56.2 Å². The third-order valence-electron chi connectivity index (χ3n) is 5.13. The molecule has 2 aromatic rings. The molecule has 0 unspecified atom stereocenters. The van der Waals surface area contributed by atoms with Gasteiger partial charge in [0.15, 0.2) is 0 Å². The van der Waals surface area contributed by atoms with Crippen LogP contribution in [0.4, 0.5) is 0 Å². The van der Waals surface area contributed by atoms with Crippen LogP contribution in [0.2, 0.25) is 0 Å². The van der Waals surface area contributed by atoms with E-state index in [1.807, 2.05) is 12.1 Å². The lowest BCUT2D eigenvalue weighted by atomic mass is 9.77. The highest BCUT2D eigenvalue weighted by Crippen LogP contribution is 2.38. The molecule has 1 nitrogen and oxygen atoms in total. The van der Waals surface area contributed by atoms with Crippen LogP contribution in [0.1, 0.15) is 56.9 Å². The molecular formula is C21H26O. The maximum atomic E-state index is 9.38. The van der Waals surface area contributed by atoms with E-state index in [4.69, 9.17) is 0 Å². The zero-order valence-electron chi connectivity index (χ0n) is 13.5. The Morgan fingerprint density at radius 2 is 1.36 bits per heavy atom. The molecule has 0 saturated heterocycles. The number of hydrogen-bond acceptors (Lipinski definition) is 1. The molecule has 22 heavy (non-hydrogen) atoms. The van der Waals surface area contributed by atoms with E-state index in [2.05, 4.69) is 31.2 Å². The van der Waals surface area contributed by atoms with Crippen LogP contribution in [0.15, 0.2) is 48.5 Å². The molecule has 0 radical (unpaired) electrons. The standard InChI is InChI=1S/C21H26O/c1-2-3-16-4-6-17(7-5-16)18-8-10-19(11-9-18)20-12-14-21(22)15-13-20/h8-17,22H,2-7H2,1H3. The molecule has 0 bridgehead atoms. The van der Waals surface area contributed by atoms with Gasteiger partial charge in [0.05, 0.1) is 0 Å². The van der Waals surface area contributed by atoms with Gasteiger partial charge < -0.3 is 5.11 Å². The van der Waals surface area contributed by atoms with Crippen molar-refractivity contribution in [1.29, 1.82) is 0 Å². The molecule has 3 rings (SSSR count). The topological polar surface area (TPSA) is 20.2 Å². The lowest BCUT2D eigenvalue weighted by molar-refractivity contribution is 0.308. The molecule has 1 aliphatic rings. The van der Waals surface area contributed by atoms with E-state index in [0.717, 1.165) is 17.4 Å². The molecule has 1 fully saturated rings. The fourth-order valence-electron chi connectivity index (χ4n) is 3.79. The Labute approximate surface area is 134 Å². The maximum absolute atomic E-state index is 9.38. The molecule has 1 N–H and O–H groups in total. The molecule has 0 aliphatic heterocycles. The number of benzene rings is 2. The molecule has 0 aromatic heterocycles. The first-order chi connectivity index (χ1) is 10.8. The fraction of sp³-hybridized carbons (Fsp3) is 0.429. The van der Waals surface area contributed by atoms with E-state index < -0.39 is 0 Å². The molecule has 1 saturated carbocycles. The summed E-state index contributed by atoms with van der Waals surface area (Å²) in [5.74, 6) is 2.05. The number of phenols is 1. The molecule has 0 spiro atoms. The number of aromatic hydroxyl groups is 1. The van der Waals surface area contributed by atoms with Crippen molar-refractivity contribution >= 4 is 0 Å². The lowest BCUT2D eigenvalue weighted by Gasteiger charge is -2.28. The quantitative estimate of drug-likeness (QED) is 0.718. The van der Waals surface area contributed by atoms with E-state index in [-0.39, 0.29) is 0 Å². The van der Waals surface area contributed by atoms with Gasteiger partial charge in [-0.25, -0.2) is 0 Å². The van der Waals surface area contributed by atoms with Crippen molar-refractivity contribution in [1.82, 2.24) is 0 Å². The fourth-order valence-corrected chi connectivity index (χ4v) is 3.79. The monoisotopic (exact) mass is 294 g/mol. The van der Waals surface area contributed by atoms with E-state index in [9.17, 15) is 5.11 Å². The van der Waals surface area contributed by atoms with Crippen molar-refractivity contribution in [3.63, 3.8) is 0 Å². The van der Waals surface area contributed by atoms with E-state index >= 15 is 0 Å². The highest BCUT2D eigenvalue weighted by atomic mass is 16.3. The zero-order valence-corrected chi connectivity index (χ0v) is 13.5. The van der Waals surface area contributed by atoms with Gasteiger partial charge in [-0.3, -0.25) is 0 Å². The molecule has 0 atom stereocenters. The van der Waals surface area contributed by atoms with Crippen molar-refractivity contribution < 1.29 is 5.11 Å². The normalized spacial score (nSPS) is 21.7. The molecular weight excluding hydrogens is 268 g/mol. The minimum Gasteiger partial charge on any atom is -0.508 e. The van der Waals surface area contributed by atoms with Gasteiger partial charge in [0.25, 0.3) is 0 Å². The van der Waals surface area contributed by atoms with E-state index in [1.54, 1.807) is 12.1 Å². The van der Waals surface area contributed by atoms with Gasteiger partial charge in [-0.15, -0.1) is 0 Å². The second-order valence-electron chi connectivity index (χ2n) is 6.68. The summed E-state index contributed by atoms with van der Waals surface area (Å²) in [7, 11) is 0. The summed E-state index contributed by atoms with van der Waals surface area (Å²) in [6.07, 6.45) is 8.24.